The number of piperidine rings is 1. The van der Waals surface area contributed by atoms with Crippen molar-refractivity contribution in [2.24, 2.45) is 11.8 Å². The Morgan fingerprint density at radius 1 is 1.24 bits per heavy atom. The van der Waals surface area contributed by atoms with Gasteiger partial charge in [-0.25, -0.2) is 0 Å². The summed E-state index contributed by atoms with van der Waals surface area (Å²) in [5.74, 6) is 0.555. The normalized spacial score (nSPS) is 17.6. The second kappa shape index (κ2) is 8.70. The summed E-state index contributed by atoms with van der Waals surface area (Å²) in [6.45, 7) is 4.42. The molecule has 2 rings (SSSR count). The van der Waals surface area contributed by atoms with E-state index in [4.69, 9.17) is 0 Å². The van der Waals surface area contributed by atoms with E-state index < -0.39 is 11.7 Å². The fourth-order valence-corrected chi connectivity index (χ4v) is 3.37. The second-order valence-electron chi connectivity index (χ2n) is 6.96. The van der Waals surface area contributed by atoms with Gasteiger partial charge in [0.25, 0.3) is 0 Å². The minimum Gasteiger partial charge on any atom is -0.342 e. The van der Waals surface area contributed by atoms with Crippen LogP contribution >= 0.6 is 0 Å². The van der Waals surface area contributed by atoms with E-state index in [0.29, 0.717) is 12.3 Å². The average molecular weight is 356 g/mol. The van der Waals surface area contributed by atoms with Crippen LogP contribution in [0.1, 0.15) is 37.3 Å². The van der Waals surface area contributed by atoms with Crippen LogP contribution in [-0.2, 0) is 17.4 Å². The van der Waals surface area contributed by atoms with E-state index in [9.17, 15) is 18.0 Å². The number of alkyl halides is 3. The molecular formula is C19H27F3N2O. The van der Waals surface area contributed by atoms with E-state index in [1.54, 1.807) is 0 Å². The molecule has 1 N–H and O–H groups in total. The summed E-state index contributed by atoms with van der Waals surface area (Å²) in [5, 5.41) is 3.16. The van der Waals surface area contributed by atoms with Gasteiger partial charge >= 0.3 is 6.18 Å². The first-order valence-corrected chi connectivity index (χ1v) is 8.90. The molecule has 140 valence electrons. The molecule has 1 aromatic rings. The molecule has 1 fully saturated rings. The molecule has 0 saturated carbocycles. The average Bonchev–Trinajstić information content (AvgIpc) is 2.59. The predicted molar refractivity (Wildman–Crippen MR) is 92.2 cm³/mol. The molecule has 0 bridgehead atoms. The molecular weight excluding hydrogens is 329 g/mol. The van der Waals surface area contributed by atoms with Crippen LogP contribution in [-0.4, -0.2) is 37.5 Å². The third-order valence-electron chi connectivity index (χ3n) is 4.97. The van der Waals surface area contributed by atoms with E-state index in [2.05, 4.69) is 5.32 Å². The zero-order chi connectivity index (χ0) is 18.4. The molecule has 1 aromatic carbocycles. The summed E-state index contributed by atoms with van der Waals surface area (Å²) < 4.78 is 37.8. The van der Waals surface area contributed by atoms with Crippen molar-refractivity contribution in [1.82, 2.24) is 10.2 Å². The van der Waals surface area contributed by atoms with Crippen molar-refractivity contribution in [1.29, 1.82) is 0 Å². The van der Waals surface area contributed by atoms with Gasteiger partial charge in [0.05, 0.1) is 5.56 Å². The summed E-state index contributed by atoms with van der Waals surface area (Å²) in [6, 6.07) is 5.10. The van der Waals surface area contributed by atoms with Crippen LogP contribution in [0.15, 0.2) is 24.3 Å². The summed E-state index contributed by atoms with van der Waals surface area (Å²) in [7, 11) is 1.95. The van der Waals surface area contributed by atoms with Crippen LogP contribution in [0.4, 0.5) is 13.2 Å². The molecule has 25 heavy (non-hydrogen) atoms. The number of rotatable bonds is 6. The number of nitrogens with zero attached hydrogens (tertiary/aromatic N) is 1. The number of likely N-dealkylation sites (tertiary alicyclic amines) is 1. The standard InChI is InChI=1S/C19H27F3N2O/c1-14(13-16-3-5-17(6-4-16)19(20,21)22)18(25)24-11-8-15(9-12-24)7-10-23-2/h3-6,14-15,23H,7-13H2,1-2H3. The first-order chi connectivity index (χ1) is 11.8. The van der Waals surface area contributed by atoms with Crippen molar-refractivity contribution < 1.29 is 18.0 Å². The quantitative estimate of drug-likeness (QED) is 0.842. The Hall–Kier alpha value is -1.56. The number of nitrogens with one attached hydrogen (secondary N) is 1. The molecule has 0 spiro atoms. The molecule has 1 atom stereocenters. The number of carbonyl (C=O) groups excluding carboxylic acids is 1. The van der Waals surface area contributed by atoms with Crippen LogP contribution in [0, 0.1) is 11.8 Å². The number of hydrogen-bond donors (Lipinski definition) is 1. The Labute approximate surface area is 147 Å². The Morgan fingerprint density at radius 3 is 2.36 bits per heavy atom. The molecule has 0 aliphatic carbocycles. The van der Waals surface area contributed by atoms with Crippen molar-refractivity contribution in [3.63, 3.8) is 0 Å². The minimum absolute atomic E-state index is 0.104. The highest BCUT2D eigenvalue weighted by molar-refractivity contribution is 5.78. The molecule has 1 aliphatic rings. The Balaban J connectivity index is 1.84. The lowest BCUT2D eigenvalue weighted by Gasteiger charge is -2.33. The number of benzene rings is 1. The van der Waals surface area contributed by atoms with Gasteiger partial charge in [0.2, 0.25) is 5.91 Å². The van der Waals surface area contributed by atoms with Crippen molar-refractivity contribution in [2.45, 2.75) is 38.8 Å². The largest absolute Gasteiger partial charge is 0.416 e. The molecule has 3 nitrogen and oxygen atoms in total. The van der Waals surface area contributed by atoms with Gasteiger partial charge in [-0.2, -0.15) is 13.2 Å². The lowest BCUT2D eigenvalue weighted by molar-refractivity contribution is -0.138. The van der Waals surface area contributed by atoms with Crippen LogP contribution in [0.5, 0.6) is 0 Å². The second-order valence-corrected chi connectivity index (χ2v) is 6.96. The van der Waals surface area contributed by atoms with Gasteiger partial charge in [0, 0.05) is 19.0 Å². The van der Waals surface area contributed by atoms with Crippen LogP contribution in [0.3, 0.4) is 0 Å². The molecule has 1 saturated heterocycles. The maximum absolute atomic E-state index is 12.6. The van der Waals surface area contributed by atoms with Gasteiger partial charge in [-0.15, -0.1) is 0 Å². The Morgan fingerprint density at radius 2 is 1.84 bits per heavy atom. The Kier molecular flexibility index (Phi) is 6.87. The fourth-order valence-electron chi connectivity index (χ4n) is 3.37. The van der Waals surface area contributed by atoms with Crippen LogP contribution < -0.4 is 5.32 Å². The fraction of sp³-hybridized carbons (Fsp3) is 0.632. The first-order valence-electron chi connectivity index (χ1n) is 8.90. The predicted octanol–water partition coefficient (Wildman–Crippen LogP) is 3.73. The van der Waals surface area contributed by atoms with Gasteiger partial charge in [-0.3, -0.25) is 4.79 Å². The lowest BCUT2D eigenvalue weighted by Crippen LogP contribution is -2.42. The van der Waals surface area contributed by atoms with Gasteiger partial charge in [-0.1, -0.05) is 19.1 Å². The SMILES string of the molecule is CNCCC1CCN(C(=O)C(C)Cc2ccc(C(F)(F)F)cc2)CC1. The summed E-state index contributed by atoms with van der Waals surface area (Å²) in [4.78, 5) is 14.5. The van der Waals surface area contributed by atoms with Gasteiger partial charge < -0.3 is 10.2 Å². The van der Waals surface area contributed by atoms with Gasteiger partial charge in [-0.05, 0) is 62.9 Å². The van der Waals surface area contributed by atoms with E-state index in [0.717, 1.165) is 56.6 Å². The molecule has 6 heteroatoms. The highest BCUT2D eigenvalue weighted by atomic mass is 19.4. The highest BCUT2D eigenvalue weighted by Gasteiger charge is 2.30. The van der Waals surface area contributed by atoms with Crippen molar-refractivity contribution in [2.75, 3.05) is 26.7 Å². The lowest BCUT2D eigenvalue weighted by atomic mass is 9.92. The number of halogens is 3. The Bertz CT molecular complexity index is 549. The maximum atomic E-state index is 12.6. The zero-order valence-corrected chi connectivity index (χ0v) is 14.9. The number of carbonyl (C=O) groups is 1. The molecule has 1 heterocycles. The molecule has 1 aliphatic heterocycles. The molecule has 0 radical (unpaired) electrons. The molecule has 0 aromatic heterocycles. The van der Waals surface area contributed by atoms with Crippen molar-refractivity contribution >= 4 is 5.91 Å². The topological polar surface area (TPSA) is 32.3 Å². The third-order valence-corrected chi connectivity index (χ3v) is 4.97. The zero-order valence-electron chi connectivity index (χ0n) is 14.9. The van der Waals surface area contributed by atoms with Gasteiger partial charge in [0.15, 0.2) is 0 Å². The molecule has 1 amide bonds. The third kappa shape index (κ3) is 5.73. The van der Waals surface area contributed by atoms with Crippen molar-refractivity contribution in [3.8, 4) is 0 Å². The number of amides is 1. The summed E-state index contributed by atoms with van der Waals surface area (Å²) in [6.07, 6.45) is -0.658. The summed E-state index contributed by atoms with van der Waals surface area (Å²) in [5.41, 5.74) is 0.108. The van der Waals surface area contributed by atoms with E-state index in [1.165, 1.54) is 12.1 Å². The van der Waals surface area contributed by atoms with Crippen molar-refractivity contribution in [3.05, 3.63) is 35.4 Å². The summed E-state index contributed by atoms with van der Waals surface area (Å²) >= 11 is 0. The van der Waals surface area contributed by atoms with E-state index >= 15 is 0 Å². The van der Waals surface area contributed by atoms with Crippen LogP contribution in [0.2, 0.25) is 0 Å². The van der Waals surface area contributed by atoms with Crippen LogP contribution in [0.25, 0.3) is 0 Å². The minimum atomic E-state index is -4.32. The smallest absolute Gasteiger partial charge is 0.342 e. The highest BCUT2D eigenvalue weighted by Crippen LogP contribution is 2.29. The maximum Gasteiger partial charge on any atom is 0.416 e. The van der Waals surface area contributed by atoms with Gasteiger partial charge in [0.1, 0.15) is 0 Å². The molecule has 1 unspecified atom stereocenters. The first kappa shape index (κ1) is 19.8. The van der Waals surface area contributed by atoms with E-state index in [1.807, 2.05) is 18.9 Å². The monoisotopic (exact) mass is 356 g/mol. The van der Waals surface area contributed by atoms with E-state index in [-0.39, 0.29) is 11.8 Å². The number of hydrogen-bond acceptors (Lipinski definition) is 2.